The molecule has 176 valence electrons. The van der Waals surface area contributed by atoms with Gasteiger partial charge in [0.1, 0.15) is 0 Å². The van der Waals surface area contributed by atoms with Crippen LogP contribution in [0.2, 0.25) is 0 Å². The lowest BCUT2D eigenvalue weighted by molar-refractivity contribution is 0.102. The quantitative estimate of drug-likeness (QED) is 0.353. The molecule has 0 aliphatic heterocycles. The fourth-order valence-electron chi connectivity index (χ4n) is 3.61. The molecule has 0 radical (unpaired) electrons. The van der Waals surface area contributed by atoms with Gasteiger partial charge in [-0.3, -0.25) is 14.2 Å². The second-order valence-corrected chi connectivity index (χ2v) is 10.3. The van der Waals surface area contributed by atoms with Crippen LogP contribution in [0, 0.1) is 6.92 Å². The molecule has 0 fully saturated rings. The summed E-state index contributed by atoms with van der Waals surface area (Å²) in [6, 6.07) is 15.1. The summed E-state index contributed by atoms with van der Waals surface area (Å²) in [7, 11) is -1.93. The molecule has 3 heterocycles. The first-order valence-corrected chi connectivity index (χ1v) is 12.9. The minimum atomic E-state index is -3.78. The van der Waals surface area contributed by atoms with Gasteiger partial charge in [0, 0.05) is 41.0 Å². The van der Waals surface area contributed by atoms with Crippen LogP contribution in [0.3, 0.4) is 0 Å². The van der Waals surface area contributed by atoms with Crippen LogP contribution < -0.4 is 10.0 Å². The van der Waals surface area contributed by atoms with Crippen molar-refractivity contribution in [3.63, 3.8) is 0 Å². The molecule has 0 aliphatic carbocycles. The highest BCUT2D eigenvalue weighted by Gasteiger charge is 2.18. The van der Waals surface area contributed by atoms with E-state index in [9.17, 15) is 13.2 Å². The van der Waals surface area contributed by atoms with E-state index in [1.165, 1.54) is 29.7 Å². The maximum Gasteiger partial charge on any atom is 0.263 e. The van der Waals surface area contributed by atoms with Crippen LogP contribution in [-0.2, 0) is 17.1 Å². The van der Waals surface area contributed by atoms with Crippen molar-refractivity contribution in [3.05, 3.63) is 83.6 Å². The number of para-hydroxylation sites is 1. The molecule has 0 spiro atoms. The summed E-state index contributed by atoms with van der Waals surface area (Å²) in [6.07, 6.45) is 3.25. The molecule has 0 atom stereocenters. The number of hydrogen-bond donors (Lipinski definition) is 2. The van der Waals surface area contributed by atoms with Crippen molar-refractivity contribution in [3.8, 4) is 11.3 Å². The van der Waals surface area contributed by atoms with Gasteiger partial charge in [-0.25, -0.2) is 18.4 Å². The second kappa shape index (κ2) is 8.93. The number of anilines is 2. The Hall–Kier alpha value is -4.09. The lowest BCUT2D eigenvalue weighted by Gasteiger charge is -2.11. The fraction of sp³-hybridized carbons (Fsp3) is 0.0833. The zero-order chi connectivity index (χ0) is 24.6. The van der Waals surface area contributed by atoms with E-state index in [4.69, 9.17) is 4.98 Å². The second-order valence-electron chi connectivity index (χ2n) is 7.76. The minimum Gasteiger partial charge on any atom is -0.322 e. The zero-order valence-electron chi connectivity index (χ0n) is 18.8. The van der Waals surface area contributed by atoms with Crippen molar-refractivity contribution in [2.75, 3.05) is 10.0 Å². The summed E-state index contributed by atoms with van der Waals surface area (Å²) in [5, 5.41) is 9.82. The molecule has 9 nitrogen and oxygen atoms in total. The number of benzene rings is 2. The Morgan fingerprint density at radius 2 is 1.86 bits per heavy atom. The molecule has 0 aliphatic rings. The predicted octanol–water partition coefficient (Wildman–Crippen LogP) is 4.45. The topological polar surface area (TPSA) is 119 Å². The first kappa shape index (κ1) is 22.7. The van der Waals surface area contributed by atoms with Crippen LogP contribution in [0.25, 0.3) is 22.2 Å². The van der Waals surface area contributed by atoms with E-state index in [1.54, 1.807) is 34.5 Å². The number of aryl methyl sites for hydroxylation is 1. The van der Waals surface area contributed by atoms with Crippen LogP contribution in [0.1, 0.15) is 16.1 Å². The number of pyridine rings is 1. The third-order valence-electron chi connectivity index (χ3n) is 5.55. The molecule has 2 N–H and O–H groups in total. The Labute approximate surface area is 205 Å². The van der Waals surface area contributed by atoms with Gasteiger partial charge in [0.2, 0.25) is 0 Å². The average molecular weight is 505 g/mol. The van der Waals surface area contributed by atoms with Crippen LogP contribution in [0.4, 0.5) is 10.8 Å². The van der Waals surface area contributed by atoms with Crippen molar-refractivity contribution < 1.29 is 13.2 Å². The standard InChI is InChI=1S/C24H20N6O3S2/c1-15-20(14-26-30(15)2)22-13-19(18-5-3-4-6-21(18)28-22)23(31)27-16-7-9-17(10-8-16)35(32,33)29-24-25-11-12-34-24/h3-14H,1-2H3,(H,25,29)(H,27,31). The number of nitrogens with one attached hydrogen (secondary N) is 2. The number of carbonyl (C=O) groups is 1. The number of rotatable bonds is 6. The normalized spacial score (nSPS) is 11.5. The smallest absolute Gasteiger partial charge is 0.263 e. The monoisotopic (exact) mass is 504 g/mol. The Morgan fingerprint density at radius 3 is 2.54 bits per heavy atom. The maximum atomic E-state index is 13.3. The van der Waals surface area contributed by atoms with Crippen molar-refractivity contribution in [2.45, 2.75) is 11.8 Å². The summed E-state index contributed by atoms with van der Waals surface area (Å²) >= 11 is 1.19. The number of aromatic nitrogens is 4. The van der Waals surface area contributed by atoms with Crippen LogP contribution in [-0.4, -0.2) is 34.1 Å². The highest BCUT2D eigenvalue weighted by molar-refractivity contribution is 7.93. The average Bonchev–Trinajstić information content (AvgIpc) is 3.48. The van der Waals surface area contributed by atoms with Crippen molar-refractivity contribution in [2.24, 2.45) is 7.05 Å². The van der Waals surface area contributed by atoms with Crippen molar-refractivity contribution in [1.82, 2.24) is 19.7 Å². The van der Waals surface area contributed by atoms with Gasteiger partial charge in [0.15, 0.2) is 5.13 Å². The van der Waals surface area contributed by atoms with E-state index in [1.807, 2.05) is 38.2 Å². The highest BCUT2D eigenvalue weighted by atomic mass is 32.2. The van der Waals surface area contributed by atoms with E-state index < -0.39 is 10.0 Å². The van der Waals surface area contributed by atoms with E-state index >= 15 is 0 Å². The molecule has 0 saturated heterocycles. The Bertz CT molecular complexity index is 1640. The van der Waals surface area contributed by atoms with Crippen molar-refractivity contribution in [1.29, 1.82) is 0 Å². The summed E-state index contributed by atoms with van der Waals surface area (Å²) in [6.45, 7) is 1.94. The number of fused-ring (bicyclic) bond motifs is 1. The van der Waals surface area contributed by atoms with Crippen LogP contribution in [0.15, 0.2) is 77.3 Å². The third kappa shape index (κ3) is 4.51. The molecule has 35 heavy (non-hydrogen) atoms. The first-order chi connectivity index (χ1) is 16.8. The first-order valence-electron chi connectivity index (χ1n) is 10.5. The lowest BCUT2D eigenvalue weighted by Crippen LogP contribution is -2.14. The molecular formula is C24H20N6O3S2. The molecule has 2 aromatic carbocycles. The third-order valence-corrected chi connectivity index (χ3v) is 7.72. The van der Waals surface area contributed by atoms with Gasteiger partial charge < -0.3 is 5.32 Å². The van der Waals surface area contributed by atoms with E-state index in [0.717, 1.165) is 11.3 Å². The summed E-state index contributed by atoms with van der Waals surface area (Å²) in [5.74, 6) is -0.331. The molecular weight excluding hydrogens is 484 g/mol. The number of carbonyl (C=O) groups excluding carboxylic acids is 1. The van der Waals surface area contributed by atoms with E-state index in [-0.39, 0.29) is 15.9 Å². The Kier molecular flexibility index (Phi) is 5.79. The molecule has 0 unspecified atom stereocenters. The highest BCUT2D eigenvalue weighted by Crippen LogP contribution is 2.27. The number of hydrogen-bond acceptors (Lipinski definition) is 7. The summed E-state index contributed by atoms with van der Waals surface area (Å²) in [4.78, 5) is 22.0. The van der Waals surface area contributed by atoms with Gasteiger partial charge in [-0.15, -0.1) is 11.3 Å². The number of sulfonamides is 1. The number of amides is 1. The van der Waals surface area contributed by atoms with Gasteiger partial charge in [-0.1, -0.05) is 18.2 Å². The number of nitrogens with zero attached hydrogens (tertiary/aromatic N) is 4. The van der Waals surface area contributed by atoms with E-state index in [2.05, 4.69) is 20.1 Å². The van der Waals surface area contributed by atoms with Gasteiger partial charge >= 0.3 is 0 Å². The minimum absolute atomic E-state index is 0.0643. The molecule has 0 bridgehead atoms. The van der Waals surface area contributed by atoms with Gasteiger partial charge in [-0.05, 0) is 43.3 Å². The molecule has 1 amide bonds. The van der Waals surface area contributed by atoms with Gasteiger partial charge in [-0.2, -0.15) is 5.10 Å². The zero-order valence-corrected chi connectivity index (χ0v) is 20.4. The van der Waals surface area contributed by atoms with E-state index in [0.29, 0.717) is 27.8 Å². The predicted molar refractivity (Wildman–Crippen MR) is 136 cm³/mol. The SMILES string of the molecule is Cc1c(-c2cc(C(=O)Nc3ccc(S(=O)(=O)Nc4nccs4)cc3)c3ccccc3n2)cnn1C. The maximum absolute atomic E-state index is 13.3. The summed E-state index contributed by atoms with van der Waals surface area (Å²) < 4.78 is 29.3. The Balaban J connectivity index is 1.44. The fourth-order valence-corrected chi connectivity index (χ4v) is 5.40. The molecule has 5 aromatic rings. The lowest BCUT2D eigenvalue weighted by atomic mass is 10.0. The van der Waals surface area contributed by atoms with Gasteiger partial charge in [0.25, 0.3) is 15.9 Å². The molecule has 5 rings (SSSR count). The molecule has 3 aromatic heterocycles. The Morgan fingerprint density at radius 1 is 1.09 bits per heavy atom. The van der Waals surface area contributed by atoms with Crippen LogP contribution >= 0.6 is 11.3 Å². The van der Waals surface area contributed by atoms with Crippen molar-refractivity contribution >= 4 is 49.0 Å². The number of thiazole rings is 1. The van der Waals surface area contributed by atoms with Gasteiger partial charge in [0.05, 0.1) is 27.9 Å². The molecule has 11 heteroatoms. The molecule has 0 saturated carbocycles. The summed E-state index contributed by atoms with van der Waals surface area (Å²) in [5.41, 5.74) is 4.03. The largest absolute Gasteiger partial charge is 0.322 e. The van der Waals surface area contributed by atoms with Crippen LogP contribution in [0.5, 0.6) is 0 Å².